The van der Waals surface area contributed by atoms with E-state index in [0.717, 1.165) is 11.1 Å². The lowest BCUT2D eigenvalue weighted by Gasteiger charge is -2.36. The zero-order chi connectivity index (χ0) is 20.0. The molecule has 0 atom stereocenters. The number of halogens is 1. The zero-order valence-corrected chi connectivity index (χ0v) is 16.0. The predicted molar refractivity (Wildman–Crippen MR) is 105 cm³/mol. The molecule has 1 aliphatic rings. The Morgan fingerprint density at radius 1 is 1.21 bits per heavy atom. The lowest BCUT2D eigenvalue weighted by molar-refractivity contribution is -0.136. The first-order chi connectivity index (χ1) is 13.6. The van der Waals surface area contributed by atoms with Crippen LogP contribution in [0, 0.1) is 11.2 Å². The molecule has 5 nitrogen and oxygen atoms in total. The van der Waals surface area contributed by atoms with Crippen molar-refractivity contribution < 1.29 is 23.8 Å². The van der Waals surface area contributed by atoms with Crippen molar-refractivity contribution in [3.8, 4) is 16.9 Å². The molecule has 2 aromatic rings. The van der Waals surface area contributed by atoms with Gasteiger partial charge in [-0.05, 0) is 48.6 Å². The molecule has 0 aliphatic carbocycles. The van der Waals surface area contributed by atoms with Gasteiger partial charge in [-0.25, -0.2) is 4.39 Å². The fraction of sp³-hybridized carbons (Fsp3) is 0.409. The van der Waals surface area contributed by atoms with Crippen molar-refractivity contribution in [2.45, 2.75) is 19.3 Å². The molecular formula is C22H26FNO4. The van der Waals surface area contributed by atoms with E-state index in [1.54, 1.807) is 13.2 Å². The molecule has 3 rings (SSSR count). The maximum Gasteiger partial charge on any atom is 0.226 e. The Labute approximate surface area is 164 Å². The minimum absolute atomic E-state index is 0.0779. The summed E-state index contributed by atoms with van der Waals surface area (Å²) in [7, 11) is 1.56. The maximum atomic E-state index is 13.9. The second-order valence-electron chi connectivity index (χ2n) is 7.05. The molecule has 28 heavy (non-hydrogen) atoms. The van der Waals surface area contributed by atoms with E-state index in [9.17, 15) is 9.18 Å². The lowest BCUT2D eigenvalue weighted by atomic mass is 9.73. The first-order valence-electron chi connectivity index (χ1n) is 9.48. The van der Waals surface area contributed by atoms with Gasteiger partial charge in [0.2, 0.25) is 5.91 Å². The molecule has 1 aliphatic heterocycles. The summed E-state index contributed by atoms with van der Waals surface area (Å²) in [5.74, 6) is 0.164. The van der Waals surface area contributed by atoms with E-state index in [1.807, 2.05) is 24.3 Å². The number of benzene rings is 2. The van der Waals surface area contributed by atoms with Crippen LogP contribution in [0.5, 0.6) is 5.75 Å². The van der Waals surface area contributed by atoms with Crippen molar-refractivity contribution in [1.82, 2.24) is 5.32 Å². The molecule has 150 valence electrons. The summed E-state index contributed by atoms with van der Waals surface area (Å²) in [6, 6.07) is 12.1. The summed E-state index contributed by atoms with van der Waals surface area (Å²) in [6.07, 6.45) is 1.70. The summed E-state index contributed by atoms with van der Waals surface area (Å²) >= 11 is 0. The molecular weight excluding hydrogens is 361 g/mol. The number of methoxy groups -OCH3 is 1. The number of nitrogens with one attached hydrogen (secondary N) is 1. The smallest absolute Gasteiger partial charge is 0.226 e. The molecule has 2 aromatic carbocycles. The molecule has 2 N–H and O–H groups in total. The molecule has 0 aromatic heterocycles. The fourth-order valence-electron chi connectivity index (χ4n) is 3.80. The van der Waals surface area contributed by atoms with Crippen LogP contribution in [-0.4, -0.2) is 44.5 Å². The highest BCUT2D eigenvalue weighted by Crippen LogP contribution is 2.39. The molecule has 1 saturated heterocycles. The zero-order valence-electron chi connectivity index (χ0n) is 16.0. The van der Waals surface area contributed by atoms with Crippen LogP contribution >= 0.6 is 0 Å². The number of amides is 1. The van der Waals surface area contributed by atoms with Crippen LogP contribution in [-0.2, 0) is 16.0 Å². The Kier molecular flexibility index (Phi) is 6.65. The van der Waals surface area contributed by atoms with Gasteiger partial charge < -0.3 is 19.9 Å². The molecule has 1 amide bonds. The minimum Gasteiger partial charge on any atom is -0.496 e. The number of aliphatic hydroxyl groups is 1. The second-order valence-corrected chi connectivity index (χ2v) is 7.05. The molecule has 1 fully saturated rings. The van der Waals surface area contributed by atoms with E-state index in [4.69, 9.17) is 14.6 Å². The topological polar surface area (TPSA) is 67.8 Å². The van der Waals surface area contributed by atoms with Gasteiger partial charge in [0.15, 0.2) is 0 Å². The third kappa shape index (κ3) is 4.34. The van der Waals surface area contributed by atoms with Crippen molar-refractivity contribution in [3.05, 3.63) is 53.8 Å². The first kappa shape index (κ1) is 20.3. The van der Waals surface area contributed by atoms with Crippen LogP contribution in [0.15, 0.2) is 42.5 Å². The number of hydrogen-bond donors (Lipinski definition) is 2. The normalized spacial score (nSPS) is 15.8. The van der Waals surface area contributed by atoms with Crippen LogP contribution in [0.2, 0.25) is 0 Å². The standard InChI is InChI=1S/C22H26FNO4/c1-27-20-7-6-17(23)14-19(20)18-5-3-2-4-16(18)15-22(8-12-28-13-9-22)21(26)24-10-11-25/h2-7,14,25H,8-13,15H2,1H3,(H,24,26). The lowest BCUT2D eigenvalue weighted by Crippen LogP contribution is -2.46. The third-order valence-corrected chi connectivity index (χ3v) is 5.33. The Hall–Kier alpha value is -2.44. The van der Waals surface area contributed by atoms with Crippen molar-refractivity contribution in [2.75, 3.05) is 33.5 Å². The molecule has 6 heteroatoms. The van der Waals surface area contributed by atoms with E-state index in [0.29, 0.717) is 43.8 Å². The van der Waals surface area contributed by atoms with Crippen LogP contribution < -0.4 is 10.1 Å². The summed E-state index contributed by atoms with van der Waals surface area (Å²) in [4.78, 5) is 12.9. The summed E-state index contributed by atoms with van der Waals surface area (Å²) in [5.41, 5.74) is 1.84. The van der Waals surface area contributed by atoms with Gasteiger partial charge in [-0.1, -0.05) is 24.3 Å². The van der Waals surface area contributed by atoms with E-state index < -0.39 is 5.41 Å². The van der Waals surface area contributed by atoms with Gasteiger partial charge in [0.1, 0.15) is 11.6 Å². The summed E-state index contributed by atoms with van der Waals surface area (Å²) < 4.78 is 24.9. The van der Waals surface area contributed by atoms with E-state index >= 15 is 0 Å². The van der Waals surface area contributed by atoms with Crippen molar-refractivity contribution >= 4 is 5.91 Å². The van der Waals surface area contributed by atoms with Crippen molar-refractivity contribution in [3.63, 3.8) is 0 Å². The highest BCUT2D eigenvalue weighted by atomic mass is 19.1. The van der Waals surface area contributed by atoms with Crippen LogP contribution in [0.25, 0.3) is 11.1 Å². The van der Waals surface area contributed by atoms with Crippen LogP contribution in [0.4, 0.5) is 4.39 Å². The van der Waals surface area contributed by atoms with Gasteiger partial charge in [0.05, 0.1) is 19.1 Å². The average molecular weight is 387 g/mol. The summed E-state index contributed by atoms with van der Waals surface area (Å²) in [6.45, 7) is 1.15. The van der Waals surface area contributed by atoms with Gasteiger partial charge >= 0.3 is 0 Å². The number of rotatable bonds is 7. The van der Waals surface area contributed by atoms with E-state index in [1.165, 1.54) is 12.1 Å². The quantitative estimate of drug-likeness (QED) is 0.767. The number of carbonyl (C=O) groups excluding carboxylic acids is 1. The molecule has 0 saturated carbocycles. The number of aliphatic hydroxyl groups excluding tert-OH is 1. The Bertz CT molecular complexity index is 818. The van der Waals surface area contributed by atoms with Gasteiger partial charge in [-0.3, -0.25) is 4.79 Å². The average Bonchev–Trinajstić information content (AvgIpc) is 2.73. The van der Waals surface area contributed by atoms with Crippen LogP contribution in [0.3, 0.4) is 0 Å². The molecule has 0 unspecified atom stereocenters. The predicted octanol–water partition coefficient (Wildman–Crippen LogP) is 2.95. The summed E-state index contributed by atoms with van der Waals surface area (Å²) in [5, 5.41) is 11.9. The second kappa shape index (κ2) is 9.17. The van der Waals surface area contributed by atoms with Gasteiger partial charge in [0.25, 0.3) is 0 Å². The van der Waals surface area contributed by atoms with Gasteiger partial charge in [0, 0.05) is 25.3 Å². The number of carbonyl (C=O) groups is 1. The SMILES string of the molecule is COc1ccc(F)cc1-c1ccccc1CC1(C(=O)NCCO)CCOCC1. The van der Waals surface area contributed by atoms with Crippen molar-refractivity contribution in [2.24, 2.45) is 5.41 Å². The maximum absolute atomic E-state index is 13.9. The highest BCUT2D eigenvalue weighted by Gasteiger charge is 2.40. The number of hydrogen-bond acceptors (Lipinski definition) is 4. The highest BCUT2D eigenvalue weighted by molar-refractivity contribution is 5.84. The Morgan fingerprint density at radius 2 is 1.96 bits per heavy atom. The molecule has 0 radical (unpaired) electrons. The van der Waals surface area contributed by atoms with Gasteiger partial charge in [-0.2, -0.15) is 0 Å². The fourth-order valence-corrected chi connectivity index (χ4v) is 3.80. The minimum atomic E-state index is -0.621. The monoisotopic (exact) mass is 387 g/mol. The number of ether oxygens (including phenoxy) is 2. The molecule has 0 spiro atoms. The van der Waals surface area contributed by atoms with E-state index in [2.05, 4.69) is 5.32 Å². The van der Waals surface area contributed by atoms with Gasteiger partial charge in [-0.15, -0.1) is 0 Å². The van der Waals surface area contributed by atoms with E-state index in [-0.39, 0.29) is 24.9 Å². The van der Waals surface area contributed by atoms with Crippen LogP contribution in [0.1, 0.15) is 18.4 Å². The Morgan fingerprint density at radius 3 is 2.68 bits per heavy atom. The molecule has 0 bridgehead atoms. The molecule has 1 heterocycles. The largest absolute Gasteiger partial charge is 0.496 e. The first-order valence-corrected chi connectivity index (χ1v) is 9.48. The third-order valence-electron chi connectivity index (χ3n) is 5.33. The van der Waals surface area contributed by atoms with Crippen molar-refractivity contribution in [1.29, 1.82) is 0 Å². The Balaban J connectivity index is 2.00.